The first-order valence-corrected chi connectivity index (χ1v) is 5.88. The van der Waals surface area contributed by atoms with Crippen molar-refractivity contribution >= 4 is 21.9 Å². The molecule has 0 amide bonds. The highest BCUT2D eigenvalue weighted by atomic mass is 79.9. The van der Waals surface area contributed by atoms with Crippen molar-refractivity contribution in [2.45, 2.75) is 26.7 Å². The number of hydrogen-bond acceptors (Lipinski definition) is 1. The highest BCUT2D eigenvalue weighted by Gasteiger charge is 2.72. The van der Waals surface area contributed by atoms with Crippen LogP contribution in [0.25, 0.3) is 0 Å². The minimum absolute atomic E-state index is 0.0347. The summed E-state index contributed by atoms with van der Waals surface area (Å²) in [6.07, 6.45) is 2.17. The second-order valence-corrected chi connectivity index (χ2v) is 5.49. The van der Waals surface area contributed by atoms with E-state index in [1.807, 2.05) is 0 Å². The van der Waals surface area contributed by atoms with E-state index in [1.54, 1.807) is 0 Å². The molecule has 3 aliphatic rings. The molecule has 0 unspecified atom stereocenters. The number of carboxylic acids is 1. The number of rotatable bonds is 2. The predicted molar refractivity (Wildman–Crippen MR) is 53.9 cm³/mol. The van der Waals surface area contributed by atoms with Gasteiger partial charge in [0.05, 0.1) is 5.92 Å². The van der Waals surface area contributed by atoms with Crippen molar-refractivity contribution in [1.29, 1.82) is 0 Å². The summed E-state index contributed by atoms with van der Waals surface area (Å²) in [6, 6.07) is 0. The lowest BCUT2D eigenvalue weighted by atomic mass is 9.45. The Balaban J connectivity index is 2.32. The fourth-order valence-corrected chi connectivity index (χ4v) is 4.63. The van der Waals surface area contributed by atoms with E-state index < -0.39 is 5.97 Å². The quantitative estimate of drug-likeness (QED) is 0.761. The van der Waals surface area contributed by atoms with Gasteiger partial charge in [0.2, 0.25) is 0 Å². The van der Waals surface area contributed by atoms with E-state index >= 15 is 0 Å². The maximum absolute atomic E-state index is 11.0. The second-order valence-electron chi connectivity index (χ2n) is 4.93. The van der Waals surface area contributed by atoms with Crippen molar-refractivity contribution < 1.29 is 9.90 Å². The van der Waals surface area contributed by atoms with Gasteiger partial charge in [-0.3, -0.25) is 4.79 Å². The molecule has 2 bridgehead atoms. The van der Waals surface area contributed by atoms with Crippen LogP contribution in [0, 0.1) is 22.7 Å². The van der Waals surface area contributed by atoms with Crippen LogP contribution in [0.1, 0.15) is 26.7 Å². The largest absolute Gasteiger partial charge is 0.481 e. The molecule has 3 heteroatoms. The number of hydrogen-bond donors (Lipinski definition) is 1. The fraction of sp³-hybridized carbons (Fsp3) is 0.900. The van der Waals surface area contributed by atoms with Crippen LogP contribution < -0.4 is 0 Å². The Morgan fingerprint density at radius 2 is 2.23 bits per heavy atom. The van der Waals surface area contributed by atoms with Crippen LogP contribution in [0.2, 0.25) is 0 Å². The van der Waals surface area contributed by atoms with Gasteiger partial charge in [-0.15, -0.1) is 0 Å². The van der Waals surface area contributed by atoms with Crippen LogP contribution >= 0.6 is 15.9 Å². The van der Waals surface area contributed by atoms with Gasteiger partial charge in [-0.25, -0.2) is 0 Å². The van der Waals surface area contributed by atoms with Crippen LogP contribution in [0.5, 0.6) is 0 Å². The van der Waals surface area contributed by atoms with Gasteiger partial charge in [0, 0.05) is 5.33 Å². The monoisotopic (exact) mass is 246 g/mol. The van der Waals surface area contributed by atoms with E-state index in [0.29, 0.717) is 5.92 Å². The van der Waals surface area contributed by atoms with Crippen molar-refractivity contribution in [2.75, 3.05) is 5.33 Å². The number of carbonyl (C=O) groups is 1. The van der Waals surface area contributed by atoms with Gasteiger partial charge in [0.1, 0.15) is 0 Å². The fourth-order valence-electron chi connectivity index (χ4n) is 3.57. The Hall–Kier alpha value is -0.0500. The molecule has 0 aromatic carbocycles. The van der Waals surface area contributed by atoms with E-state index in [1.165, 1.54) is 0 Å². The maximum Gasteiger partial charge on any atom is 0.307 e. The van der Waals surface area contributed by atoms with Crippen molar-refractivity contribution in [2.24, 2.45) is 22.7 Å². The average molecular weight is 247 g/mol. The molecule has 0 radical (unpaired) electrons. The Labute approximate surface area is 86.8 Å². The van der Waals surface area contributed by atoms with Gasteiger partial charge in [-0.2, -0.15) is 0 Å². The number of alkyl halides is 1. The zero-order chi connectivity index (χ0) is 9.85. The molecule has 3 fully saturated rings. The Morgan fingerprint density at radius 1 is 1.62 bits per heavy atom. The Kier molecular flexibility index (Phi) is 1.83. The zero-order valence-corrected chi connectivity index (χ0v) is 9.60. The molecule has 74 valence electrons. The van der Waals surface area contributed by atoms with E-state index in [9.17, 15) is 4.79 Å². The summed E-state index contributed by atoms with van der Waals surface area (Å²) in [4.78, 5) is 11.0. The maximum atomic E-state index is 11.0. The highest BCUT2D eigenvalue weighted by Crippen LogP contribution is 2.74. The van der Waals surface area contributed by atoms with Crippen LogP contribution in [0.4, 0.5) is 0 Å². The molecule has 2 nitrogen and oxygen atoms in total. The van der Waals surface area contributed by atoms with E-state index in [-0.39, 0.29) is 16.7 Å². The van der Waals surface area contributed by atoms with Crippen molar-refractivity contribution in [3.8, 4) is 0 Å². The molecule has 0 aliphatic heterocycles. The normalized spacial score (nSPS) is 53.2. The smallest absolute Gasteiger partial charge is 0.307 e. The molecule has 0 saturated heterocycles. The summed E-state index contributed by atoms with van der Waals surface area (Å²) in [6.45, 7) is 4.36. The topological polar surface area (TPSA) is 37.3 Å². The van der Waals surface area contributed by atoms with Crippen molar-refractivity contribution in [3.05, 3.63) is 0 Å². The molecule has 4 atom stereocenters. The number of carboxylic acid groups (broad SMARTS) is 1. The predicted octanol–water partition coefficient (Wildman–Crippen LogP) is 2.52. The number of halogens is 1. The summed E-state index contributed by atoms with van der Waals surface area (Å²) < 4.78 is 0. The molecule has 3 aliphatic carbocycles. The summed E-state index contributed by atoms with van der Waals surface area (Å²) in [7, 11) is 0. The summed E-state index contributed by atoms with van der Waals surface area (Å²) >= 11 is 3.52. The molecule has 3 saturated carbocycles. The molecule has 0 aromatic rings. The molecular formula is C10H15BrO2. The molecule has 0 aromatic heterocycles. The second kappa shape index (κ2) is 2.50. The van der Waals surface area contributed by atoms with Gasteiger partial charge in [0.15, 0.2) is 0 Å². The molecule has 1 N–H and O–H groups in total. The van der Waals surface area contributed by atoms with Gasteiger partial charge in [-0.05, 0) is 29.6 Å². The van der Waals surface area contributed by atoms with Crippen molar-refractivity contribution in [1.82, 2.24) is 0 Å². The zero-order valence-electron chi connectivity index (χ0n) is 8.01. The molecule has 13 heavy (non-hydrogen) atoms. The molecule has 3 rings (SSSR count). The summed E-state index contributed by atoms with van der Waals surface area (Å²) in [5.41, 5.74) is 0.253. The Bertz CT molecular complexity index is 266. The Morgan fingerprint density at radius 3 is 2.54 bits per heavy atom. The lowest BCUT2D eigenvalue weighted by Crippen LogP contribution is -2.60. The third-order valence-electron chi connectivity index (χ3n) is 4.73. The van der Waals surface area contributed by atoms with Gasteiger partial charge >= 0.3 is 5.97 Å². The lowest BCUT2D eigenvalue weighted by molar-refractivity contribution is -0.176. The van der Waals surface area contributed by atoms with Gasteiger partial charge in [0.25, 0.3) is 0 Å². The molecule has 0 heterocycles. The SMILES string of the molecule is C[C@]12CC[C@@H]([C@H]1C(=O)O)[C@@]2(C)CBr. The summed E-state index contributed by atoms with van der Waals surface area (Å²) in [5, 5.41) is 10.0. The van der Waals surface area contributed by atoms with Gasteiger partial charge in [-0.1, -0.05) is 29.8 Å². The third-order valence-corrected chi connectivity index (χ3v) is 5.90. The summed E-state index contributed by atoms with van der Waals surface area (Å²) in [5.74, 6) is -0.284. The number of fused-ring (bicyclic) bond motifs is 1. The van der Waals surface area contributed by atoms with E-state index in [0.717, 1.165) is 18.2 Å². The molecular weight excluding hydrogens is 232 g/mol. The minimum Gasteiger partial charge on any atom is -0.481 e. The lowest BCUT2D eigenvalue weighted by Gasteiger charge is -2.59. The first kappa shape index (κ1) is 9.50. The standard InChI is InChI=1S/C10H15BrO2/c1-9-4-3-6(7(9)8(12)13)10(9,2)5-11/h6-7H,3-5H2,1-2H3,(H,12,13)/t6-,7-,9-,10+/m0/s1. The number of aliphatic carboxylic acids is 1. The van der Waals surface area contributed by atoms with E-state index in [4.69, 9.17) is 5.11 Å². The average Bonchev–Trinajstić information content (AvgIpc) is 2.54. The first-order valence-electron chi connectivity index (χ1n) is 4.76. The van der Waals surface area contributed by atoms with Gasteiger partial charge < -0.3 is 5.11 Å². The third kappa shape index (κ3) is 0.821. The van der Waals surface area contributed by atoms with Crippen LogP contribution in [0.15, 0.2) is 0 Å². The molecule has 0 spiro atoms. The highest BCUT2D eigenvalue weighted by molar-refractivity contribution is 9.09. The van der Waals surface area contributed by atoms with Crippen LogP contribution in [-0.2, 0) is 4.79 Å². The van der Waals surface area contributed by atoms with Crippen LogP contribution in [0.3, 0.4) is 0 Å². The van der Waals surface area contributed by atoms with Crippen LogP contribution in [-0.4, -0.2) is 16.4 Å². The van der Waals surface area contributed by atoms with E-state index in [2.05, 4.69) is 29.8 Å². The minimum atomic E-state index is -0.594. The first-order chi connectivity index (χ1) is 5.97. The van der Waals surface area contributed by atoms with Crippen molar-refractivity contribution in [3.63, 3.8) is 0 Å².